The molecule has 5 heteroatoms. The number of hydrogen-bond acceptors (Lipinski definition) is 2. The molecule has 0 aliphatic rings. The van der Waals surface area contributed by atoms with E-state index in [0.29, 0.717) is 0 Å². The molecule has 0 heterocycles. The van der Waals surface area contributed by atoms with Gasteiger partial charge in [0.2, 0.25) is 0 Å². The van der Waals surface area contributed by atoms with Gasteiger partial charge in [-0.15, -0.1) is 0 Å². The van der Waals surface area contributed by atoms with Crippen LogP contribution in [-0.2, 0) is 4.79 Å². The third-order valence-electron chi connectivity index (χ3n) is 1.48. The zero-order valence-corrected chi connectivity index (χ0v) is 6.57. The molecule has 0 spiro atoms. The molecule has 0 aromatic heterocycles. The van der Waals surface area contributed by atoms with Crippen LogP contribution >= 0.6 is 0 Å². The fourth-order valence-electron chi connectivity index (χ4n) is 0.607. The smallest absolute Gasteiger partial charge is 0.314 e. The van der Waals surface area contributed by atoms with Crippen LogP contribution in [0.5, 0.6) is 0 Å². The van der Waals surface area contributed by atoms with Gasteiger partial charge in [-0.1, -0.05) is 0 Å². The van der Waals surface area contributed by atoms with Gasteiger partial charge in [-0.3, -0.25) is 4.79 Å². The van der Waals surface area contributed by atoms with Gasteiger partial charge in [0.05, 0.1) is 6.42 Å². The minimum atomic E-state index is -0.939. The Morgan fingerprint density at radius 2 is 2.09 bits per heavy atom. The van der Waals surface area contributed by atoms with E-state index < -0.39 is 12.0 Å². The molecule has 0 aliphatic carbocycles. The number of primary amides is 1. The number of hydrogen-bond donors (Lipinski definition) is 2. The second-order valence-corrected chi connectivity index (χ2v) is 2.40. The summed E-state index contributed by atoms with van der Waals surface area (Å²) >= 11 is 0. The second kappa shape index (κ2) is 3.80. The monoisotopic (exact) mass is 160 g/mol. The highest BCUT2D eigenvalue weighted by Crippen LogP contribution is 1.99. The van der Waals surface area contributed by atoms with E-state index >= 15 is 0 Å². The fourth-order valence-corrected chi connectivity index (χ4v) is 0.607. The average molecular weight is 160 g/mol. The summed E-state index contributed by atoms with van der Waals surface area (Å²) in [6.45, 7) is 1.62. The summed E-state index contributed by atoms with van der Waals surface area (Å²) in [4.78, 5) is 21.8. The van der Waals surface area contributed by atoms with E-state index in [1.54, 1.807) is 6.92 Å². The number of amides is 2. The molecule has 0 aromatic rings. The Morgan fingerprint density at radius 3 is 2.36 bits per heavy atom. The van der Waals surface area contributed by atoms with E-state index in [4.69, 9.17) is 10.8 Å². The molecule has 0 bridgehead atoms. The minimum Gasteiger partial charge on any atom is -0.481 e. The highest BCUT2D eigenvalue weighted by molar-refractivity contribution is 5.73. The van der Waals surface area contributed by atoms with Crippen LogP contribution in [0.15, 0.2) is 0 Å². The van der Waals surface area contributed by atoms with Gasteiger partial charge < -0.3 is 15.7 Å². The predicted molar refractivity (Wildman–Crippen MR) is 39.1 cm³/mol. The third kappa shape index (κ3) is 3.44. The Labute approximate surface area is 64.8 Å². The molecular formula is C6H12N2O3. The zero-order chi connectivity index (χ0) is 9.02. The van der Waals surface area contributed by atoms with Crippen molar-refractivity contribution in [1.29, 1.82) is 0 Å². The van der Waals surface area contributed by atoms with Crippen molar-refractivity contribution in [3.63, 3.8) is 0 Å². The number of rotatable bonds is 3. The summed E-state index contributed by atoms with van der Waals surface area (Å²) in [5.41, 5.74) is 4.91. The maximum absolute atomic E-state index is 10.5. The van der Waals surface area contributed by atoms with Crippen molar-refractivity contribution in [2.75, 3.05) is 7.05 Å². The van der Waals surface area contributed by atoms with Crippen molar-refractivity contribution < 1.29 is 14.7 Å². The fraction of sp³-hybridized carbons (Fsp3) is 0.667. The SMILES string of the molecule is CC(CC(=O)O)N(C)C(N)=O. The minimum absolute atomic E-state index is 0.0839. The number of aliphatic carboxylic acids is 1. The Balaban J connectivity index is 3.92. The molecule has 1 unspecified atom stereocenters. The van der Waals surface area contributed by atoms with E-state index in [1.165, 1.54) is 11.9 Å². The largest absolute Gasteiger partial charge is 0.481 e. The number of nitrogens with two attached hydrogens (primary N) is 1. The molecule has 0 aliphatic heterocycles. The Kier molecular flexibility index (Phi) is 3.36. The summed E-state index contributed by atoms with van der Waals surface area (Å²) < 4.78 is 0. The predicted octanol–water partition coefficient (Wildman–Crippen LogP) is -0.140. The normalized spacial score (nSPS) is 12.2. The molecule has 1 atom stereocenters. The maximum atomic E-state index is 10.5. The first kappa shape index (κ1) is 9.74. The van der Waals surface area contributed by atoms with Gasteiger partial charge in [-0.25, -0.2) is 4.79 Å². The van der Waals surface area contributed by atoms with Gasteiger partial charge >= 0.3 is 12.0 Å². The van der Waals surface area contributed by atoms with Crippen molar-refractivity contribution in [3.8, 4) is 0 Å². The van der Waals surface area contributed by atoms with Gasteiger partial charge in [0.25, 0.3) is 0 Å². The van der Waals surface area contributed by atoms with Crippen molar-refractivity contribution in [2.24, 2.45) is 5.73 Å². The molecule has 0 saturated carbocycles. The highest BCUT2D eigenvalue weighted by atomic mass is 16.4. The Morgan fingerprint density at radius 1 is 1.64 bits per heavy atom. The van der Waals surface area contributed by atoms with Gasteiger partial charge in [0, 0.05) is 13.1 Å². The summed E-state index contributed by atoms with van der Waals surface area (Å²) in [6.07, 6.45) is -0.0839. The van der Waals surface area contributed by atoms with Gasteiger partial charge in [0.15, 0.2) is 0 Å². The summed E-state index contributed by atoms with van der Waals surface area (Å²) in [5.74, 6) is -0.939. The van der Waals surface area contributed by atoms with E-state index in [9.17, 15) is 9.59 Å². The van der Waals surface area contributed by atoms with Crippen LogP contribution in [0.2, 0.25) is 0 Å². The molecular weight excluding hydrogens is 148 g/mol. The van der Waals surface area contributed by atoms with Crippen LogP contribution in [0.25, 0.3) is 0 Å². The number of carboxylic acids is 1. The van der Waals surface area contributed by atoms with E-state index in [0.717, 1.165) is 0 Å². The number of urea groups is 1. The van der Waals surface area contributed by atoms with Crippen LogP contribution in [0.1, 0.15) is 13.3 Å². The zero-order valence-electron chi connectivity index (χ0n) is 6.57. The van der Waals surface area contributed by atoms with Crippen LogP contribution in [0, 0.1) is 0 Å². The Bertz CT molecular complexity index is 169. The van der Waals surface area contributed by atoms with Crippen LogP contribution in [-0.4, -0.2) is 35.1 Å². The lowest BCUT2D eigenvalue weighted by atomic mass is 10.2. The van der Waals surface area contributed by atoms with Crippen molar-refractivity contribution in [1.82, 2.24) is 4.90 Å². The molecule has 64 valence electrons. The van der Waals surface area contributed by atoms with Gasteiger partial charge in [-0.05, 0) is 6.92 Å². The maximum Gasteiger partial charge on any atom is 0.314 e. The third-order valence-corrected chi connectivity index (χ3v) is 1.48. The second-order valence-electron chi connectivity index (χ2n) is 2.40. The first-order chi connectivity index (χ1) is 4.95. The summed E-state index contributed by atoms with van der Waals surface area (Å²) in [6, 6.07) is -0.969. The highest BCUT2D eigenvalue weighted by Gasteiger charge is 2.15. The number of carbonyl (C=O) groups excluding carboxylic acids is 1. The molecule has 0 saturated heterocycles. The first-order valence-electron chi connectivity index (χ1n) is 3.19. The molecule has 0 rings (SSSR count). The lowest BCUT2D eigenvalue weighted by Crippen LogP contribution is -2.39. The van der Waals surface area contributed by atoms with Crippen molar-refractivity contribution in [2.45, 2.75) is 19.4 Å². The standard InChI is InChI=1S/C6H12N2O3/c1-4(3-5(9)10)8(2)6(7)11/h4H,3H2,1-2H3,(H2,7,11)(H,9,10). The van der Waals surface area contributed by atoms with Gasteiger partial charge in [0.1, 0.15) is 0 Å². The van der Waals surface area contributed by atoms with Crippen molar-refractivity contribution >= 4 is 12.0 Å². The topological polar surface area (TPSA) is 83.6 Å². The van der Waals surface area contributed by atoms with E-state index in [-0.39, 0.29) is 12.5 Å². The lowest BCUT2D eigenvalue weighted by Gasteiger charge is -2.20. The molecule has 11 heavy (non-hydrogen) atoms. The van der Waals surface area contributed by atoms with Crippen LogP contribution in [0.3, 0.4) is 0 Å². The first-order valence-corrected chi connectivity index (χ1v) is 3.19. The average Bonchev–Trinajstić information content (AvgIpc) is 1.84. The van der Waals surface area contributed by atoms with E-state index in [1.807, 2.05) is 0 Å². The number of carboxylic acid groups (broad SMARTS) is 1. The summed E-state index contributed by atoms with van der Waals surface area (Å²) in [7, 11) is 1.47. The van der Waals surface area contributed by atoms with Crippen LogP contribution < -0.4 is 5.73 Å². The number of carbonyl (C=O) groups is 2. The van der Waals surface area contributed by atoms with Gasteiger partial charge in [-0.2, -0.15) is 0 Å². The molecule has 2 amide bonds. The quantitative estimate of drug-likeness (QED) is 0.602. The Hall–Kier alpha value is -1.26. The van der Waals surface area contributed by atoms with Crippen molar-refractivity contribution in [3.05, 3.63) is 0 Å². The molecule has 5 nitrogen and oxygen atoms in total. The molecule has 0 radical (unpaired) electrons. The lowest BCUT2D eigenvalue weighted by molar-refractivity contribution is -0.137. The van der Waals surface area contributed by atoms with Crippen LogP contribution in [0.4, 0.5) is 4.79 Å². The molecule has 0 fully saturated rings. The molecule has 3 N–H and O–H groups in total. The summed E-state index contributed by atoms with van der Waals surface area (Å²) in [5, 5.41) is 8.34. The number of nitrogens with zero attached hydrogens (tertiary/aromatic N) is 1. The van der Waals surface area contributed by atoms with E-state index in [2.05, 4.69) is 0 Å². The molecule has 0 aromatic carbocycles.